The van der Waals surface area contributed by atoms with Gasteiger partial charge in [-0.1, -0.05) is 39.0 Å². The topological polar surface area (TPSA) is 17.8 Å². The second-order valence-corrected chi connectivity index (χ2v) is 4.04. The van der Waals surface area contributed by atoms with Gasteiger partial charge in [0.05, 0.1) is 0 Å². The van der Waals surface area contributed by atoms with Crippen LogP contribution in [0.2, 0.25) is 0 Å². The van der Waals surface area contributed by atoms with Crippen LogP contribution in [0.4, 0.5) is 0 Å². The van der Waals surface area contributed by atoms with E-state index in [0.717, 1.165) is 0 Å². The summed E-state index contributed by atoms with van der Waals surface area (Å²) in [6, 6.07) is 2.56. The molecule has 1 aromatic rings. The summed E-state index contributed by atoms with van der Waals surface area (Å²) < 4.78 is 2.06. The monoisotopic (exact) mass is 194 g/mol. The van der Waals surface area contributed by atoms with Gasteiger partial charge in [0.1, 0.15) is 0 Å². The number of nitrogens with zero attached hydrogens (tertiary/aromatic N) is 2. The maximum Gasteiger partial charge on any atom is 0.0491 e. The minimum Gasteiger partial charge on any atom is -0.270 e. The van der Waals surface area contributed by atoms with Gasteiger partial charge in [0.15, 0.2) is 0 Å². The van der Waals surface area contributed by atoms with E-state index in [0.29, 0.717) is 6.04 Å². The molecular formula is C12H22N2. The Balaban J connectivity index is 2.07. The standard InChI is InChI=1S/C12H22N2/c1-3-4-5-6-7-9-12(2)14-11-8-10-13-14/h8,10-12H,3-7,9H2,1-2H3. The molecule has 1 heterocycles. The lowest BCUT2D eigenvalue weighted by molar-refractivity contribution is 0.434. The SMILES string of the molecule is CCCCCCCC(C)n1cccn1. The summed E-state index contributed by atoms with van der Waals surface area (Å²) in [4.78, 5) is 0. The molecule has 0 spiro atoms. The van der Waals surface area contributed by atoms with Crippen molar-refractivity contribution < 1.29 is 0 Å². The molecule has 0 amide bonds. The molecule has 0 saturated heterocycles. The van der Waals surface area contributed by atoms with E-state index in [1.54, 1.807) is 0 Å². The molecule has 2 heteroatoms. The molecule has 0 aliphatic heterocycles. The van der Waals surface area contributed by atoms with E-state index in [-0.39, 0.29) is 0 Å². The number of unbranched alkanes of at least 4 members (excludes halogenated alkanes) is 4. The average Bonchev–Trinajstić information content (AvgIpc) is 2.70. The Labute approximate surface area is 87.3 Å². The van der Waals surface area contributed by atoms with E-state index in [9.17, 15) is 0 Å². The summed E-state index contributed by atoms with van der Waals surface area (Å²) in [5, 5.41) is 4.25. The van der Waals surface area contributed by atoms with Gasteiger partial charge < -0.3 is 0 Å². The normalized spacial score (nSPS) is 13.0. The van der Waals surface area contributed by atoms with Crippen LogP contribution >= 0.6 is 0 Å². The summed E-state index contributed by atoms with van der Waals surface area (Å²) in [5.74, 6) is 0. The molecule has 0 N–H and O–H groups in total. The van der Waals surface area contributed by atoms with Gasteiger partial charge in [-0.3, -0.25) is 4.68 Å². The highest BCUT2D eigenvalue weighted by Gasteiger charge is 2.02. The Morgan fingerprint density at radius 3 is 2.64 bits per heavy atom. The first-order valence-electron chi connectivity index (χ1n) is 5.83. The van der Waals surface area contributed by atoms with Crippen LogP contribution in [0.3, 0.4) is 0 Å². The summed E-state index contributed by atoms with van der Waals surface area (Å²) in [5.41, 5.74) is 0. The molecule has 1 unspecified atom stereocenters. The van der Waals surface area contributed by atoms with Crippen LogP contribution in [0.15, 0.2) is 18.5 Å². The van der Waals surface area contributed by atoms with E-state index in [2.05, 4.69) is 29.8 Å². The van der Waals surface area contributed by atoms with Gasteiger partial charge in [-0.25, -0.2) is 0 Å². The largest absolute Gasteiger partial charge is 0.270 e. The number of aromatic nitrogens is 2. The molecule has 0 fully saturated rings. The lowest BCUT2D eigenvalue weighted by Gasteiger charge is -2.11. The Bertz CT molecular complexity index is 216. The van der Waals surface area contributed by atoms with Gasteiger partial charge in [-0.15, -0.1) is 0 Å². The Kier molecular flexibility index (Phi) is 5.35. The van der Waals surface area contributed by atoms with Crippen molar-refractivity contribution in [3.05, 3.63) is 18.5 Å². The highest BCUT2D eigenvalue weighted by Crippen LogP contribution is 2.14. The highest BCUT2D eigenvalue weighted by molar-refractivity contribution is 4.80. The fourth-order valence-electron chi connectivity index (χ4n) is 1.72. The zero-order valence-electron chi connectivity index (χ0n) is 9.45. The van der Waals surface area contributed by atoms with E-state index < -0.39 is 0 Å². The predicted molar refractivity (Wildman–Crippen MR) is 60.3 cm³/mol. The van der Waals surface area contributed by atoms with Gasteiger partial charge in [0.25, 0.3) is 0 Å². The van der Waals surface area contributed by atoms with Gasteiger partial charge in [0.2, 0.25) is 0 Å². The van der Waals surface area contributed by atoms with E-state index in [4.69, 9.17) is 0 Å². The Morgan fingerprint density at radius 1 is 1.21 bits per heavy atom. The quantitative estimate of drug-likeness (QED) is 0.604. The van der Waals surface area contributed by atoms with Crippen molar-refractivity contribution in [2.45, 2.75) is 58.4 Å². The fourth-order valence-corrected chi connectivity index (χ4v) is 1.72. The van der Waals surface area contributed by atoms with Crippen molar-refractivity contribution >= 4 is 0 Å². The third-order valence-electron chi connectivity index (χ3n) is 2.70. The predicted octanol–water partition coefficient (Wildman–Crippen LogP) is 3.80. The van der Waals surface area contributed by atoms with Crippen molar-refractivity contribution in [3.63, 3.8) is 0 Å². The van der Waals surface area contributed by atoms with E-state index in [1.165, 1.54) is 38.5 Å². The molecule has 1 aromatic heterocycles. The molecule has 14 heavy (non-hydrogen) atoms. The number of hydrogen-bond donors (Lipinski definition) is 0. The smallest absolute Gasteiger partial charge is 0.0491 e. The van der Waals surface area contributed by atoms with Gasteiger partial charge >= 0.3 is 0 Å². The third-order valence-corrected chi connectivity index (χ3v) is 2.70. The first-order chi connectivity index (χ1) is 6.84. The summed E-state index contributed by atoms with van der Waals surface area (Å²) in [6.45, 7) is 4.50. The Hall–Kier alpha value is -0.790. The minimum atomic E-state index is 0.562. The second-order valence-electron chi connectivity index (χ2n) is 4.04. The molecule has 0 bridgehead atoms. The minimum absolute atomic E-state index is 0.562. The van der Waals surface area contributed by atoms with Gasteiger partial charge in [-0.05, 0) is 19.4 Å². The molecule has 2 nitrogen and oxygen atoms in total. The molecule has 80 valence electrons. The molecule has 0 aromatic carbocycles. The number of rotatable bonds is 7. The van der Waals surface area contributed by atoms with Crippen LogP contribution in [0, 0.1) is 0 Å². The van der Waals surface area contributed by atoms with Crippen LogP contribution in [0.25, 0.3) is 0 Å². The molecular weight excluding hydrogens is 172 g/mol. The molecule has 0 aliphatic rings. The fraction of sp³-hybridized carbons (Fsp3) is 0.750. The van der Waals surface area contributed by atoms with E-state index >= 15 is 0 Å². The van der Waals surface area contributed by atoms with E-state index in [1.807, 2.05) is 12.3 Å². The van der Waals surface area contributed by atoms with Crippen LogP contribution in [-0.2, 0) is 0 Å². The molecule has 0 radical (unpaired) electrons. The summed E-state index contributed by atoms with van der Waals surface area (Å²) in [6.07, 6.45) is 12.0. The van der Waals surface area contributed by atoms with Crippen molar-refractivity contribution in [2.75, 3.05) is 0 Å². The number of hydrogen-bond acceptors (Lipinski definition) is 1. The van der Waals surface area contributed by atoms with Crippen LogP contribution in [-0.4, -0.2) is 9.78 Å². The third kappa shape index (κ3) is 3.95. The lowest BCUT2D eigenvalue weighted by Crippen LogP contribution is -2.05. The van der Waals surface area contributed by atoms with Crippen molar-refractivity contribution in [1.29, 1.82) is 0 Å². The van der Waals surface area contributed by atoms with Crippen LogP contribution in [0.1, 0.15) is 58.4 Å². The second kappa shape index (κ2) is 6.63. The molecule has 0 saturated carbocycles. The summed E-state index contributed by atoms with van der Waals surface area (Å²) in [7, 11) is 0. The highest BCUT2D eigenvalue weighted by atomic mass is 15.3. The first kappa shape index (κ1) is 11.3. The van der Waals surface area contributed by atoms with Crippen molar-refractivity contribution in [2.24, 2.45) is 0 Å². The van der Waals surface area contributed by atoms with Gasteiger partial charge in [-0.2, -0.15) is 5.10 Å². The molecule has 1 atom stereocenters. The van der Waals surface area contributed by atoms with Crippen LogP contribution in [0.5, 0.6) is 0 Å². The zero-order chi connectivity index (χ0) is 10.2. The zero-order valence-corrected chi connectivity index (χ0v) is 9.45. The summed E-state index contributed by atoms with van der Waals surface area (Å²) >= 11 is 0. The average molecular weight is 194 g/mol. The maximum absolute atomic E-state index is 4.25. The lowest BCUT2D eigenvalue weighted by atomic mass is 10.1. The van der Waals surface area contributed by atoms with Gasteiger partial charge in [0, 0.05) is 18.4 Å². The molecule has 1 rings (SSSR count). The molecule has 0 aliphatic carbocycles. The van der Waals surface area contributed by atoms with Crippen molar-refractivity contribution in [3.8, 4) is 0 Å². The first-order valence-corrected chi connectivity index (χ1v) is 5.83. The Morgan fingerprint density at radius 2 is 2.00 bits per heavy atom. The van der Waals surface area contributed by atoms with Crippen molar-refractivity contribution in [1.82, 2.24) is 9.78 Å². The maximum atomic E-state index is 4.25. The van der Waals surface area contributed by atoms with Crippen LogP contribution < -0.4 is 0 Å².